The van der Waals surface area contributed by atoms with E-state index in [0.717, 1.165) is 39.2 Å². The van der Waals surface area contributed by atoms with Crippen molar-refractivity contribution in [3.63, 3.8) is 0 Å². The molecule has 0 saturated heterocycles. The first-order valence-corrected chi connectivity index (χ1v) is 10.4. The molecule has 0 bridgehead atoms. The van der Waals surface area contributed by atoms with Crippen LogP contribution in [0.5, 0.6) is 0 Å². The Balaban J connectivity index is 1.67. The Hall–Kier alpha value is -3.82. The van der Waals surface area contributed by atoms with Gasteiger partial charge in [0.1, 0.15) is 0 Å². The molecule has 5 aromatic rings. The van der Waals surface area contributed by atoms with Gasteiger partial charge in [-0.1, -0.05) is 78.3 Å². The summed E-state index contributed by atoms with van der Waals surface area (Å²) in [6.45, 7) is 0. The minimum atomic E-state index is 0.621. The normalized spacial score (nSPS) is 10.7. The summed E-state index contributed by atoms with van der Waals surface area (Å²) in [5.74, 6) is 0.623. The van der Waals surface area contributed by atoms with Gasteiger partial charge in [-0.05, 0) is 35.9 Å². The van der Waals surface area contributed by atoms with Crippen molar-refractivity contribution in [1.29, 1.82) is 0 Å². The molecule has 148 valence electrons. The van der Waals surface area contributed by atoms with Gasteiger partial charge >= 0.3 is 0 Å². The molecular formula is C27H18ClN3. The van der Waals surface area contributed by atoms with Crippen LogP contribution in [-0.2, 0) is 0 Å². The van der Waals surface area contributed by atoms with Gasteiger partial charge in [0.25, 0.3) is 0 Å². The second-order valence-corrected chi connectivity index (χ2v) is 7.57. The molecule has 3 aromatic carbocycles. The van der Waals surface area contributed by atoms with Crippen LogP contribution < -0.4 is 0 Å². The first kappa shape index (κ1) is 19.2. The van der Waals surface area contributed by atoms with E-state index in [0.29, 0.717) is 10.8 Å². The summed E-state index contributed by atoms with van der Waals surface area (Å²) < 4.78 is 0. The van der Waals surface area contributed by atoms with Gasteiger partial charge in [0.15, 0.2) is 5.82 Å². The molecule has 0 amide bonds. The standard InChI is InChI=1S/C27H18ClN3/c28-23-16-21(25-13-7-8-14-29-25)15-22(17-23)27-30-18-24(19-9-3-1-4-10-19)26(31-27)20-11-5-2-6-12-20/h1-18H. The van der Waals surface area contributed by atoms with E-state index >= 15 is 0 Å². The van der Waals surface area contributed by atoms with Gasteiger partial charge in [0.2, 0.25) is 0 Å². The number of benzene rings is 3. The van der Waals surface area contributed by atoms with Crippen LogP contribution in [0.3, 0.4) is 0 Å². The van der Waals surface area contributed by atoms with Gasteiger partial charge in [-0.2, -0.15) is 0 Å². The molecule has 0 spiro atoms. The Morgan fingerprint density at radius 1 is 0.581 bits per heavy atom. The number of halogens is 1. The van der Waals surface area contributed by atoms with Crippen LogP contribution in [0, 0.1) is 0 Å². The molecule has 2 aromatic heterocycles. The van der Waals surface area contributed by atoms with Crippen LogP contribution in [0.4, 0.5) is 0 Å². The summed E-state index contributed by atoms with van der Waals surface area (Å²) in [5, 5.41) is 0.621. The smallest absolute Gasteiger partial charge is 0.159 e. The van der Waals surface area contributed by atoms with Crippen LogP contribution in [0.25, 0.3) is 45.0 Å². The molecule has 0 saturated carbocycles. The summed E-state index contributed by atoms with van der Waals surface area (Å²) in [4.78, 5) is 14.1. The average molecular weight is 420 g/mol. The highest BCUT2D eigenvalue weighted by atomic mass is 35.5. The molecule has 2 heterocycles. The van der Waals surface area contributed by atoms with Gasteiger partial charge < -0.3 is 0 Å². The lowest BCUT2D eigenvalue weighted by Crippen LogP contribution is -1.96. The Morgan fingerprint density at radius 2 is 1.26 bits per heavy atom. The zero-order valence-electron chi connectivity index (χ0n) is 16.6. The SMILES string of the molecule is Clc1cc(-c2ccccn2)cc(-c2ncc(-c3ccccc3)c(-c3ccccc3)n2)c1. The van der Waals surface area contributed by atoms with E-state index in [1.165, 1.54) is 0 Å². The highest BCUT2D eigenvalue weighted by molar-refractivity contribution is 6.31. The number of pyridine rings is 1. The second-order valence-electron chi connectivity index (χ2n) is 7.13. The van der Waals surface area contributed by atoms with E-state index in [2.05, 4.69) is 29.2 Å². The number of nitrogens with zero attached hydrogens (tertiary/aromatic N) is 3. The lowest BCUT2D eigenvalue weighted by molar-refractivity contribution is 1.18. The van der Waals surface area contributed by atoms with E-state index in [4.69, 9.17) is 21.6 Å². The van der Waals surface area contributed by atoms with Crippen LogP contribution in [0.2, 0.25) is 5.02 Å². The number of aromatic nitrogens is 3. The fourth-order valence-electron chi connectivity index (χ4n) is 3.57. The fourth-order valence-corrected chi connectivity index (χ4v) is 3.80. The molecule has 0 aliphatic heterocycles. The molecular weight excluding hydrogens is 402 g/mol. The molecule has 0 unspecified atom stereocenters. The second kappa shape index (κ2) is 8.50. The molecule has 0 radical (unpaired) electrons. The third-order valence-electron chi connectivity index (χ3n) is 5.04. The summed E-state index contributed by atoms with van der Waals surface area (Å²) in [5.41, 5.74) is 6.63. The van der Waals surface area contributed by atoms with Gasteiger partial charge in [-0.25, -0.2) is 9.97 Å². The van der Waals surface area contributed by atoms with Gasteiger partial charge in [0, 0.05) is 39.7 Å². The van der Waals surface area contributed by atoms with Crippen molar-refractivity contribution in [3.05, 3.63) is 114 Å². The van der Waals surface area contributed by atoms with Crippen LogP contribution >= 0.6 is 11.6 Å². The summed E-state index contributed by atoms with van der Waals surface area (Å²) in [6, 6.07) is 32.0. The van der Waals surface area contributed by atoms with Crippen molar-refractivity contribution >= 4 is 11.6 Å². The summed E-state index contributed by atoms with van der Waals surface area (Å²) >= 11 is 6.45. The van der Waals surface area contributed by atoms with E-state index in [9.17, 15) is 0 Å². The Kier molecular flexibility index (Phi) is 5.26. The van der Waals surface area contributed by atoms with E-state index in [-0.39, 0.29) is 0 Å². The average Bonchev–Trinajstić information content (AvgIpc) is 2.85. The maximum atomic E-state index is 6.45. The van der Waals surface area contributed by atoms with E-state index in [1.807, 2.05) is 79.0 Å². The van der Waals surface area contributed by atoms with E-state index < -0.39 is 0 Å². The minimum Gasteiger partial charge on any atom is -0.256 e. The molecule has 0 N–H and O–H groups in total. The summed E-state index contributed by atoms with van der Waals surface area (Å²) in [6.07, 6.45) is 3.66. The van der Waals surface area contributed by atoms with E-state index in [1.54, 1.807) is 6.20 Å². The zero-order chi connectivity index (χ0) is 21.0. The minimum absolute atomic E-state index is 0.621. The molecule has 5 rings (SSSR count). The molecule has 0 aliphatic carbocycles. The monoisotopic (exact) mass is 419 g/mol. The third-order valence-corrected chi connectivity index (χ3v) is 5.26. The topological polar surface area (TPSA) is 38.7 Å². The lowest BCUT2D eigenvalue weighted by Gasteiger charge is -2.12. The predicted molar refractivity (Wildman–Crippen MR) is 127 cm³/mol. The molecule has 0 aliphatic rings. The van der Waals surface area contributed by atoms with Gasteiger partial charge in [-0.3, -0.25) is 4.98 Å². The van der Waals surface area contributed by atoms with Crippen LogP contribution in [0.15, 0.2) is 109 Å². The molecule has 31 heavy (non-hydrogen) atoms. The Bertz CT molecular complexity index is 1320. The highest BCUT2D eigenvalue weighted by Gasteiger charge is 2.14. The number of hydrogen-bond acceptors (Lipinski definition) is 3. The highest BCUT2D eigenvalue weighted by Crippen LogP contribution is 2.33. The zero-order valence-corrected chi connectivity index (χ0v) is 17.4. The van der Waals surface area contributed by atoms with Gasteiger partial charge in [0.05, 0.1) is 11.4 Å². The van der Waals surface area contributed by atoms with Crippen molar-refractivity contribution in [2.45, 2.75) is 0 Å². The molecule has 0 atom stereocenters. The molecule has 4 heteroatoms. The van der Waals surface area contributed by atoms with Crippen molar-refractivity contribution in [1.82, 2.24) is 15.0 Å². The third kappa shape index (κ3) is 4.09. The Labute approximate surface area is 186 Å². The first-order chi connectivity index (χ1) is 15.3. The number of rotatable bonds is 4. The van der Waals surface area contributed by atoms with Crippen molar-refractivity contribution in [3.8, 4) is 45.0 Å². The fraction of sp³-hybridized carbons (Fsp3) is 0. The largest absolute Gasteiger partial charge is 0.256 e. The molecule has 3 nitrogen and oxygen atoms in total. The maximum Gasteiger partial charge on any atom is 0.159 e. The first-order valence-electron chi connectivity index (χ1n) is 9.98. The summed E-state index contributed by atoms with van der Waals surface area (Å²) in [7, 11) is 0. The number of hydrogen-bond donors (Lipinski definition) is 0. The van der Waals surface area contributed by atoms with Crippen molar-refractivity contribution < 1.29 is 0 Å². The lowest BCUT2D eigenvalue weighted by atomic mass is 10.00. The van der Waals surface area contributed by atoms with Gasteiger partial charge in [-0.15, -0.1) is 0 Å². The van der Waals surface area contributed by atoms with Crippen LogP contribution in [-0.4, -0.2) is 15.0 Å². The predicted octanol–water partition coefficient (Wildman–Crippen LogP) is 7.19. The quantitative estimate of drug-likeness (QED) is 0.309. The Morgan fingerprint density at radius 3 is 1.97 bits per heavy atom. The van der Waals surface area contributed by atoms with Crippen molar-refractivity contribution in [2.24, 2.45) is 0 Å². The van der Waals surface area contributed by atoms with Crippen LogP contribution in [0.1, 0.15) is 0 Å². The maximum absolute atomic E-state index is 6.45. The molecule has 0 fully saturated rings. The van der Waals surface area contributed by atoms with Crippen molar-refractivity contribution in [2.75, 3.05) is 0 Å².